The van der Waals surface area contributed by atoms with Crippen LogP contribution < -0.4 is 25.0 Å². The van der Waals surface area contributed by atoms with Gasteiger partial charge in [0.15, 0.2) is 11.5 Å². The van der Waals surface area contributed by atoms with Crippen LogP contribution in [0.4, 0.5) is 0 Å². The number of nitrogens with zero attached hydrogens (tertiary/aromatic N) is 1. The second-order valence-corrected chi connectivity index (χ2v) is 9.40. The summed E-state index contributed by atoms with van der Waals surface area (Å²) < 4.78 is 17.4. The Morgan fingerprint density at radius 3 is 2.47 bits per heavy atom. The van der Waals surface area contributed by atoms with Crippen LogP contribution in [-0.4, -0.2) is 30.9 Å². The molecule has 36 heavy (non-hydrogen) atoms. The summed E-state index contributed by atoms with van der Waals surface area (Å²) >= 11 is 3.42. The fourth-order valence-corrected chi connectivity index (χ4v) is 3.70. The standard InChI is InChI=1S/C27H26BrN3O5/c1-17(2)25(30-26(32)20-7-12-23-24(13-20)36-16-35-23)27(33)31-29-14-18-5-10-22(11-6-18)34-15-19-3-8-21(28)9-4-19/h3-14,17,25H,15-16H2,1-2H3,(H,30,32)(H,31,33). The van der Waals surface area contributed by atoms with Crippen molar-refractivity contribution in [1.29, 1.82) is 0 Å². The van der Waals surface area contributed by atoms with Gasteiger partial charge in [-0.2, -0.15) is 5.10 Å². The Hall–Kier alpha value is -3.85. The number of hydrogen-bond donors (Lipinski definition) is 2. The third-order valence-corrected chi connectivity index (χ3v) is 5.99. The number of hydrogen-bond acceptors (Lipinski definition) is 6. The minimum absolute atomic E-state index is 0.122. The molecule has 0 saturated carbocycles. The van der Waals surface area contributed by atoms with Crippen LogP contribution >= 0.6 is 15.9 Å². The van der Waals surface area contributed by atoms with Crippen LogP contribution in [0.3, 0.4) is 0 Å². The normalized spacial score (nSPS) is 13.0. The van der Waals surface area contributed by atoms with Crippen molar-refractivity contribution in [3.05, 3.63) is 87.9 Å². The monoisotopic (exact) mass is 551 g/mol. The quantitative estimate of drug-likeness (QED) is 0.297. The smallest absolute Gasteiger partial charge is 0.262 e. The highest BCUT2D eigenvalue weighted by Crippen LogP contribution is 2.32. The predicted molar refractivity (Wildman–Crippen MR) is 139 cm³/mol. The van der Waals surface area contributed by atoms with E-state index in [1.54, 1.807) is 18.2 Å². The van der Waals surface area contributed by atoms with E-state index in [9.17, 15) is 9.59 Å². The Kier molecular flexibility index (Phi) is 8.22. The van der Waals surface area contributed by atoms with Crippen LogP contribution in [0.5, 0.6) is 17.2 Å². The van der Waals surface area contributed by atoms with Gasteiger partial charge in [0.05, 0.1) is 6.21 Å². The molecule has 3 aromatic carbocycles. The van der Waals surface area contributed by atoms with Gasteiger partial charge in [0.1, 0.15) is 18.4 Å². The van der Waals surface area contributed by atoms with Gasteiger partial charge in [0, 0.05) is 10.0 Å². The molecule has 1 heterocycles. The lowest BCUT2D eigenvalue weighted by atomic mass is 10.0. The lowest BCUT2D eigenvalue weighted by Crippen LogP contribution is -2.48. The molecule has 0 fully saturated rings. The first-order chi connectivity index (χ1) is 17.4. The Morgan fingerprint density at radius 2 is 1.75 bits per heavy atom. The van der Waals surface area contributed by atoms with E-state index < -0.39 is 11.9 Å². The van der Waals surface area contributed by atoms with E-state index in [0.29, 0.717) is 23.7 Å². The van der Waals surface area contributed by atoms with Crippen molar-refractivity contribution >= 4 is 34.0 Å². The van der Waals surface area contributed by atoms with Gasteiger partial charge in [-0.3, -0.25) is 9.59 Å². The summed E-state index contributed by atoms with van der Waals surface area (Å²) in [6, 6.07) is 19.4. The maximum Gasteiger partial charge on any atom is 0.262 e. The highest BCUT2D eigenvalue weighted by atomic mass is 79.9. The van der Waals surface area contributed by atoms with Gasteiger partial charge >= 0.3 is 0 Å². The Morgan fingerprint density at radius 1 is 1.03 bits per heavy atom. The molecule has 0 spiro atoms. The molecule has 9 heteroatoms. The highest BCUT2D eigenvalue weighted by Gasteiger charge is 2.25. The second kappa shape index (κ2) is 11.7. The van der Waals surface area contributed by atoms with Gasteiger partial charge in [-0.25, -0.2) is 5.43 Å². The van der Waals surface area contributed by atoms with Crippen molar-refractivity contribution in [3.8, 4) is 17.2 Å². The number of carbonyl (C=O) groups is 2. The van der Waals surface area contributed by atoms with Crippen LogP contribution in [0.1, 0.15) is 35.3 Å². The molecule has 4 rings (SSSR count). The topological polar surface area (TPSA) is 98.2 Å². The summed E-state index contributed by atoms with van der Waals surface area (Å²) in [7, 11) is 0. The molecule has 186 valence electrons. The molecule has 0 aliphatic carbocycles. The highest BCUT2D eigenvalue weighted by molar-refractivity contribution is 9.10. The van der Waals surface area contributed by atoms with Gasteiger partial charge in [-0.05, 0) is 71.6 Å². The SMILES string of the molecule is CC(C)C(NC(=O)c1ccc2c(c1)OCO2)C(=O)NN=Cc1ccc(OCc2ccc(Br)cc2)cc1. The van der Waals surface area contributed by atoms with Crippen LogP contribution in [-0.2, 0) is 11.4 Å². The molecule has 2 N–H and O–H groups in total. The Bertz CT molecular complexity index is 1240. The molecule has 0 bridgehead atoms. The maximum absolute atomic E-state index is 12.7. The predicted octanol–water partition coefficient (Wildman–Crippen LogP) is 4.66. The zero-order valence-electron chi connectivity index (χ0n) is 19.9. The van der Waals surface area contributed by atoms with Gasteiger partial charge < -0.3 is 19.5 Å². The number of rotatable bonds is 9. The lowest BCUT2D eigenvalue weighted by molar-refractivity contribution is -0.123. The maximum atomic E-state index is 12.7. The van der Waals surface area contributed by atoms with E-state index in [0.717, 1.165) is 21.3 Å². The molecule has 0 radical (unpaired) electrons. The summed E-state index contributed by atoms with van der Waals surface area (Å²) in [6.45, 7) is 4.28. The summed E-state index contributed by atoms with van der Waals surface area (Å²) in [6.07, 6.45) is 1.54. The van der Waals surface area contributed by atoms with Gasteiger partial charge in [-0.1, -0.05) is 41.9 Å². The molecule has 1 unspecified atom stereocenters. The number of carbonyl (C=O) groups excluding carboxylic acids is 2. The van der Waals surface area contributed by atoms with Gasteiger partial charge in [-0.15, -0.1) is 0 Å². The minimum Gasteiger partial charge on any atom is -0.489 e. The first kappa shape index (κ1) is 25.2. The van der Waals surface area contributed by atoms with Gasteiger partial charge in [0.25, 0.3) is 11.8 Å². The summed E-state index contributed by atoms with van der Waals surface area (Å²) in [4.78, 5) is 25.4. The third kappa shape index (κ3) is 6.63. The van der Waals surface area contributed by atoms with Crippen LogP contribution in [0.25, 0.3) is 0 Å². The number of nitrogens with one attached hydrogen (secondary N) is 2. The molecule has 3 aromatic rings. The number of ether oxygens (including phenoxy) is 3. The van der Waals surface area contributed by atoms with Crippen molar-refractivity contribution in [3.63, 3.8) is 0 Å². The Labute approximate surface area is 217 Å². The summed E-state index contributed by atoms with van der Waals surface area (Å²) in [5, 5.41) is 6.82. The average molecular weight is 552 g/mol. The van der Waals surface area contributed by atoms with E-state index in [-0.39, 0.29) is 18.6 Å². The van der Waals surface area contributed by atoms with E-state index in [1.165, 1.54) is 6.21 Å². The molecule has 2 amide bonds. The van der Waals surface area contributed by atoms with E-state index in [4.69, 9.17) is 14.2 Å². The Balaban J connectivity index is 1.29. The number of halogens is 1. The molecule has 1 aliphatic rings. The molecule has 1 aliphatic heterocycles. The van der Waals surface area contributed by atoms with Crippen LogP contribution in [0.2, 0.25) is 0 Å². The van der Waals surface area contributed by atoms with Crippen molar-refractivity contribution in [2.45, 2.75) is 26.5 Å². The average Bonchev–Trinajstić information content (AvgIpc) is 3.35. The lowest BCUT2D eigenvalue weighted by Gasteiger charge is -2.20. The van der Waals surface area contributed by atoms with Crippen molar-refractivity contribution in [2.75, 3.05) is 6.79 Å². The number of amides is 2. The van der Waals surface area contributed by atoms with Crippen molar-refractivity contribution in [1.82, 2.24) is 10.7 Å². The summed E-state index contributed by atoms with van der Waals surface area (Å²) in [5.41, 5.74) is 4.75. The molecule has 1 atom stereocenters. The fraction of sp³-hybridized carbons (Fsp3) is 0.222. The van der Waals surface area contributed by atoms with E-state index in [2.05, 4.69) is 31.8 Å². The molecular formula is C27H26BrN3O5. The molecule has 0 saturated heterocycles. The van der Waals surface area contributed by atoms with E-state index in [1.807, 2.05) is 62.4 Å². The first-order valence-corrected chi connectivity index (χ1v) is 12.2. The van der Waals surface area contributed by atoms with Crippen molar-refractivity contribution in [2.24, 2.45) is 11.0 Å². The molecule has 8 nitrogen and oxygen atoms in total. The number of benzene rings is 3. The second-order valence-electron chi connectivity index (χ2n) is 8.48. The van der Waals surface area contributed by atoms with Crippen molar-refractivity contribution < 1.29 is 23.8 Å². The molecular weight excluding hydrogens is 526 g/mol. The largest absolute Gasteiger partial charge is 0.489 e. The zero-order chi connectivity index (χ0) is 25.5. The van der Waals surface area contributed by atoms with E-state index >= 15 is 0 Å². The first-order valence-electron chi connectivity index (χ1n) is 11.4. The third-order valence-electron chi connectivity index (χ3n) is 5.46. The molecule has 0 aromatic heterocycles. The van der Waals surface area contributed by atoms with Crippen LogP contribution in [0.15, 0.2) is 76.3 Å². The van der Waals surface area contributed by atoms with Gasteiger partial charge in [0.2, 0.25) is 6.79 Å². The summed E-state index contributed by atoms with van der Waals surface area (Å²) in [5.74, 6) is 0.867. The fourth-order valence-electron chi connectivity index (χ4n) is 3.43. The van der Waals surface area contributed by atoms with Crippen LogP contribution in [0, 0.1) is 5.92 Å². The zero-order valence-corrected chi connectivity index (χ0v) is 21.4. The minimum atomic E-state index is -0.769. The number of fused-ring (bicyclic) bond motifs is 1. The number of hydrazone groups is 1.